The van der Waals surface area contributed by atoms with Gasteiger partial charge in [-0.15, -0.1) is 10.2 Å². The SMILES string of the molecule is Cn1c(N)c(C(=O)CSc2nnc(C3CC3)n2C2CC2)c(=O)n(C)c1=O. The fourth-order valence-corrected chi connectivity index (χ4v) is 3.89. The molecule has 26 heavy (non-hydrogen) atoms. The zero-order chi connectivity index (χ0) is 18.6. The number of anilines is 1. The Morgan fingerprint density at radius 3 is 2.46 bits per heavy atom. The molecule has 2 aromatic rings. The molecule has 2 heterocycles. The van der Waals surface area contributed by atoms with Crippen molar-refractivity contribution < 1.29 is 4.79 Å². The van der Waals surface area contributed by atoms with Crippen molar-refractivity contribution in [3.05, 3.63) is 32.2 Å². The molecular weight excluding hydrogens is 356 g/mol. The minimum Gasteiger partial charge on any atom is -0.384 e. The van der Waals surface area contributed by atoms with Crippen LogP contribution in [0.15, 0.2) is 14.7 Å². The van der Waals surface area contributed by atoms with E-state index in [1.54, 1.807) is 0 Å². The van der Waals surface area contributed by atoms with E-state index >= 15 is 0 Å². The van der Waals surface area contributed by atoms with Crippen LogP contribution in [0.4, 0.5) is 5.82 Å². The van der Waals surface area contributed by atoms with Gasteiger partial charge in [0, 0.05) is 26.1 Å². The minimum atomic E-state index is -0.668. The summed E-state index contributed by atoms with van der Waals surface area (Å²) in [7, 11) is 2.77. The molecule has 2 aliphatic carbocycles. The monoisotopic (exact) mass is 376 g/mol. The largest absolute Gasteiger partial charge is 0.384 e. The van der Waals surface area contributed by atoms with E-state index in [9.17, 15) is 14.4 Å². The number of thioether (sulfide) groups is 1. The molecule has 2 saturated carbocycles. The Balaban J connectivity index is 1.59. The molecule has 0 aliphatic heterocycles. The van der Waals surface area contributed by atoms with Crippen molar-refractivity contribution in [1.29, 1.82) is 0 Å². The minimum absolute atomic E-state index is 0.0210. The number of hydrogen-bond donors (Lipinski definition) is 1. The Morgan fingerprint density at radius 2 is 1.85 bits per heavy atom. The van der Waals surface area contributed by atoms with Gasteiger partial charge in [-0.3, -0.25) is 18.7 Å². The number of nitrogens with zero attached hydrogens (tertiary/aromatic N) is 5. The number of Topliss-reactive ketones (excluding diaryl/α,β-unsaturated/α-hetero) is 1. The molecule has 0 atom stereocenters. The molecule has 4 rings (SSSR count). The summed E-state index contributed by atoms with van der Waals surface area (Å²) >= 11 is 1.27. The van der Waals surface area contributed by atoms with Gasteiger partial charge in [0.15, 0.2) is 10.9 Å². The lowest BCUT2D eigenvalue weighted by molar-refractivity contribution is 0.102. The van der Waals surface area contributed by atoms with E-state index in [0.29, 0.717) is 17.1 Å². The van der Waals surface area contributed by atoms with Crippen LogP contribution < -0.4 is 17.0 Å². The van der Waals surface area contributed by atoms with Gasteiger partial charge in [-0.05, 0) is 25.7 Å². The molecule has 0 aromatic carbocycles. The maximum absolute atomic E-state index is 12.6. The third-order valence-electron chi connectivity index (χ3n) is 4.87. The van der Waals surface area contributed by atoms with E-state index in [1.165, 1.54) is 25.9 Å². The van der Waals surface area contributed by atoms with Crippen molar-refractivity contribution in [2.24, 2.45) is 14.1 Å². The summed E-state index contributed by atoms with van der Waals surface area (Å²) in [5.41, 5.74) is 4.47. The molecule has 0 amide bonds. The fraction of sp³-hybridized carbons (Fsp3) is 0.562. The van der Waals surface area contributed by atoms with Crippen LogP contribution in [0, 0.1) is 0 Å². The first kappa shape index (κ1) is 17.1. The van der Waals surface area contributed by atoms with Crippen LogP contribution in [0.1, 0.15) is 53.8 Å². The van der Waals surface area contributed by atoms with Gasteiger partial charge in [0.1, 0.15) is 17.2 Å². The highest BCUT2D eigenvalue weighted by Gasteiger charge is 2.36. The third kappa shape index (κ3) is 2.77. The normalized spacial score (nSPS) is 16.8. The van der Waals surface area contributed by atoms with E-state index in [-0.39, 0.29) is 17.1 Å². The van der Waals surface area contributed by atoms with Crippen LogP contribution >= 0.6 is 11.8 Å². The number of rotatable bonds is 6. The molecular formula is C16H20N6O3S. The molecule has 138 valence electrons. The van der Waals surface area contributed by atoms with Gasteiger partial charge in [-0.1, -0.05) is 11.8 Å². The van der Waals surface area contributed by atoms with Gasteiger partial charge in [-0.2, -0.15) is 0 Å². The predicted octanol–water partition coefficient (Wildman–Crippen LogP) is 0.445. The quantitative estimate of drug-likeness (QED) is 0.574. The lowest BCUT2D eigenvalue weighted by Crippen LogP contribution is -2.41. The Hall–Kier alpha value is -2.36. The van der Waals surface area contributed by atoms with Crippen molar-refractivity contribution in [1.82, 2.24) is 23.9 Å². The van der Waals surface area contributed by atoms with Crippen molar-refractivity contribution in [2.75, 3.05) is 11.5 Å². The lowest BCUT2D eigenvalue weighted by Gasteiger charge is -2.11. The van der Waals surface area contributed by atoms with Crippen LogP contribution in [0.5, 0.6) is 0 Å². The van der Waals surface area contributed by atoms with Gasteiger partial charge in [0.2, 0.25) is 0 Å². The molecule has 0 saturated heterocycles. The van der Waals surface area contributed by atoms with Gasteiger partial charge in [0.25, 0.3) is 5.56 Å². The summed E-state index contributed by atoms with van der Waals surface area (Å²) in [5.74, 6) is 1.00. The molecule has 0 bridgehead atoms. The third-order valence-corrected chi connectivity index (χ3v) is 5.81. The number of ketones is 1. The van der Waals surface area contributed by atoms with E-state index < -0.39 is 17.0 Å². The van der Waals surface area contributed by atoms with E-state index in [2.05, 4.69) is 14.8 Å². The van der Waals surface area contributed by atoms with Gasteiger partial charge in [0.05, 0.1) is 5.75 Å². The summed E-state index contributed by atoms with van der Waals surface area (Å²) in [4.78, 5) is 36.8. The zero-order valence-electron chi connectivity index (χ0n) is 14.6. The predicted molar refractivity (Wildman–Crippen MR) is 96.7 cm³/mol. The van der Waals surface area contributed by atoms with E-state index in [0.717, 1.165) is 40.6 Å². The first-order valence-corrected chi connectivity index (χ1v) is 9.55. The van der Waals surface area contributed by atoms with Crippen molar-refractivity contribution in [3.63, 3.8) is 0 Å². The number of nitrogen functional groups attached to an aromatic ring is 1. The Bertz CT molecular complexity index is 1010. The second-order valence-electron chi connectivity index (χ2n) is 6.89. The molecule has 2 N–H and O–H groups in total. The highest BCUT2D eigenvalue weighted by Crippen LogP contribution is 2.46. The summed E-state index contributed by atoms with van der Waals surface area (Å²) in [5, 5.41) is 9.27. The Labute approximate surface area is 153 Å². The second-order valence-corrected chi connectivity index (χ2v) is 7.84. The number of aromatic nitrogens is 5. The first-order valence-electron chi connectivity index (χ1n) is 8.56. The average Bonchev–Trinajstić information content (AvgIpc) is 3.55. The molecule has 2 aliphatic rings. The smallest absolute Gasteiger partial charge is 0.332 e. The molecule has 10 heteroatoms. The summed E-state index contributed by atoms with van der Waals surface area (Å²) in [6, 6.07) is 0.425. The standard InChI is InChI=1S/C16H20N6O3S/c1-20-12(17)11(14(24)21(2)16(20)25)10(23)7-26-15-19-18-13(8-3-4-8)22(15)9-5-6-9/h8-9H,3-7,17H2,1-2H3. The van der Waals surface area contributed by atoms with Crippen LogP contribution in [0.25, 0.3) is 0 Å². The summed E-state index contributed by atoms with van der Waals surface area (Å²) < 4.78 is 4.15. The van der Waals surface area contributed by atoms with Crippen LogP contribution in [0.3, 0.4) is 0 Å². The first-order chi connectivity index (χ1) is 12.4. The highest BCUT2D eigenvalue weighted by atomic mass is 32.2. The molecule has 0 unspecified atom stereocenters. The molecule has 0 radical (unpaired) electrons. The summed E-state index contributed by atoms with van der Waals surface area (Å²) in [6.45, 7) is 0. The number of hydrogen-bond acceptors (Lipinski definition) is 7. The average molecular weight is 376 g/mol. The topological polar surface area (TPSA) is 118 Å². The second kappa shape index (κ2) is 6.11. The maximum Gasteiger partial charge on any atom is 0.332 e. The van der Waals surface area contributed by atoms with Crippen LogP contribution in [-0.2, 0) is 14.1 Å². The van der Waals surface area contributed by atoms with Gasteiger partial charge < -0.3 is 10.3 Å². The van der Waals surface area contributed by atoms with E-state index in [1.807, 2.05) is 0 Å². The van der Waals surface area contributed by atoms with E-state index in [4.69, 9.17) is 5.73 Å². The lowest BCUT2D eigenvalue weighted by atomic mass is 10.2. The number of carbonyl (C=O) groups excluding carboxylic acids is 1. The van der Waals surface area contributed by atoms with Crippen LogP contribution in [-0.4, -0.2) is 35.4 Å². The van der Waals surface area contributed by atoms with Gasteiger partial charge >= 0.3 is 5.69 Å². The van der Waals surface area contributed by atoms with Gasteiger partial charge in [-0.25, -0.2) is 4.79 Å². The zero-order valence-corrected chi connectivity index (χ0v) is 15.5. The van der Waals surface area contributed by atoms with Crippen molar-refractivity contribution >= 4 is 23.4 Å². The maximum atomic E-state index is 12.6. The fourth-order valence-electron chi connectivity index (χ4n) is 3.01. The van der Waals surface area contributed by atoms with Crippen molar-refractivity contribution in [2.45, 2.75) is 42.8 Å². The molecule has 2 aromatic heterocycles. The number of carbonyl (C=O) groups is 1. The van der Waals surface area contributed by atoms with Crippen molar-refractivity contribution in [3.8, 4) is 0 Å². The molecule has 9 nitrogen and oxygen atoms in total. The molecule has 0 spiro atoms. The Kier molecular flexibility index (Phi) is 4.02. The summed E-state index contributed by atoms with van der Waals surface area (Å²) in [6.07, 6.45) is 4.49. The van der Waals surface area contributed by atoms with Crippen LogP contribution in [0.2, 0.25) is 0 Å². The number of nitrogens with two attached hydrogens (primary N) is 1. The Morgan fingerprint density at radius 1 is 1.15 bits per heavy atom. The highest BCUT2D eigenvalue weighted by molar-refractivity contribution is 7.99. The molecule has 2 fully saturated rings.